The number of rotatable bonds is 4. The molecular formula is C20H25N5O2. The van der Waals surface area contributed by atoms with Gasteiger partial charge >= 0.3 is 0 Å². The second-order valence-corrected chi connectivity index (χ2v) is 7.36. The molecule has 1 atom stereocenters. The molecule has 0 spiro atoms. The van der Waals surface area contributed by atoms with Crippen molar-refractivity contribution in [3.63, 3.8) is 0 Å². The van der Waals surface area contributed by atoms with Crippen LogP contribution in [0, 0.1) is 5.92 Å². The van der Waals surface area contributed by atoms with Gasteiger partial charge < -0.3 is 15.2 Å². The lowest BCUT2D eigenvalue weighted by Crippen LogP contribution is -2.48. The molecule has 0 saturated carbocycles. The lowest BCUT2D eigenvalue weighted by Gasteiger charge is -2.39. The summed E-state index contributed by atoms with van der Waals surface area (Å²) in [7, 11) is 0. The van der Waals surface area contributed by atoms with Crippen LogP contribution in [-0.4, -0.2) is 57.3 Å². The van der Waals surface area contributed by atoms with Gasteiger partial charge in [0.05, 0.1) is 12.6 Å². The number of carbonyl (C=O) groups excluding carboxylic acids is 2. The molecule has 0 unspecified atom stereocenters. The van der Waals surface area contributed by atoms with Gasteiger partial charge in [-0.15, -0.1) is 0 Å². The highest BCUT2D eigenvalue weighted by Crippen LogP contribution is 2.32. The Morgan fingerprint density at radius 3 is 2.63 bits per heavy atom. The smallest absolute Gasteiger partial charge is 0.237 e. The topological polar surface area (TPSA) is 84.5 Å². The number of hydrogen-bond donors (Lipinski definition) is 1. The zero-order valence-electron chi connectivity index (χ0n) is 15.3. The average molecular weight is 367 g/mol. The molecule has 1 saturated heterocycles. The Morgan fingerprint density at radius 1 is 1.11 bits per heavy atom. The third-order valence-corrected chi connectivity index (χ3v) is 5.71. The van der Waals surface area contributed by atoms with Crippen LogP contribution in [0.5, 0.6) is 0 Å². The van der Waals surface area contributed by atoms with Crippen LogP contribution in [0.2, 0.25) is 0 Å². The first-order chi connectivity index (χ1) is 13.1. The van der Waals surface area contributed by atoms with Crippen molar-refractivity contribution in [2.75, 3.05) is 26.2 Å². The van der Waals surface area contributed by atoms with Gasteiger partial charge in [0.2, 0.25) is 11.8 Å². The first kappa shape index (κ1) is 17.7. The van der Waals surface area contributed by atoms with E-state index in [-0.39, 0.29) is 23.8 Å². The first-order valence-electron chi connectivity index (χ1n) is 9.49. The maximum Gasteiger partial charge on any atom is 0.237 e. The van der Waals surface area contributed by atoms with E-state index in [0.29, 0.717) is 13.1 Å². The molecule has 1 fully saturated rings. The Bertz CT molecular complexity index is 811. The molecule has 2 aliphatic heterocycles. The van der Waals surface area contributed by atoms with Crippen LogP contribution in [0.15, 0.2) is 42.9 Å². The Morgan fingerprint density at radius 2 is 1.93 bits per heavy atom. The molecule has 0 aromatic carbocycles. The molecule has 0 bridgehead atoms. The maximum absolute atomic E-state index is 13.2. The minimum Gasteiger partial charge on any atom is -0.369 e. The highest BCUT2D eigenvalue weighted by atomic mass is 16.2. The summed E-state index contributed by atoms with van der Waals surface area (Å²) >= 11 is 0. The van der Waals surface area contributed by atoms with Crippen molar-refractivity contribution in [3.05, 3.63) is 54.1 Å². The number of aromatic nitrogens is 2. The fourth-order valence-electron chi connectivity index (χ4n) is 4.20. The standard InChI is InChI=1S/C20H25N5O2/c21-20(27)15-5-9-23(10-6-15)14-18(26)25-12-11-24-8-2-4-17(24)19(25)16-3-1-7-22-13-16/h1-4,7-8,13,15,19H,5-6,9-12,14H2,(H2,21,27)/t19-/m1/s1. The van der Waals surface area contributed by atoms with Gasteiger partial charge in [0.1, 0.15) is 0 Å². The largest absolute Gasteiger partial charge is 0.369 e. The molecule has 27 heavy (non-hydrogen) atoms. The lowest BCUT2D eigenvalue weighted by molar-refractivity contribution is -0.135. The van der Waals surface area contributed by atoms with Crippen molar-refractivity contribution >= 4 is 11.8 Å². The van der Waals surface area contributed by atoms with Gasteiger partial charge in [-0.1, -0.05) is 6.07 Å². The van der Waals surface area contributed by atoms with Crippen LogP contribution >= 0.6 is 0 Å². The molecule has 4 rings (SSSR count). The average Bonchev–Trinajstić information content (AvgIpc) is 3.17. The summed E-state index contributed by atoms with van der Waals surface area (Å²) in [5.74, 6) is -0.166. The zero-order chi connectivity index (χ0) is 18.8. The van der Waals surface area contributed by atoms with Crippen molar-refractivity contribution in [1.29, 1.82) is 0 Å². The predicted octanol–water partition coefficient (Wildman–Crippen LogP) is 1.01. The molecule has 2 aromatic heterocycles. The van der Waals surface area contributed by atoms with Gasteiger partial charge in [0.15, 0.2) is 0 Å². The third-order valence-electron chi connectivity index (χ3n) is 5.71. The second kappa shape index (κ2) is 7.52. The van der Waals surface area contributed by atoms with Crippen LogP contribution in [0.3, 0.4) is 0 Å². The Hall–Kier alpha value is -2.67. The number of piperidine rings is 1. The Kier molecular flexibility index (Phi) is 4.94. The summed E-state index contributed by atoms with van der Waals surface area (Å²) in [5.41, 5.74) is 7.55. The van der Waals surface area contributed by atoms with E-state index in [4.69, 9.17) is 5.73 Å². The molecule has 2 N–H and O–H groups in total. The highest BCUT2D eigenvalue weighted by Gasteiger charge is 2.33. The van der Waals surface area contributed by atoms with E-state index in [2.05, 4.69) is 26.7 Å². The van der Waals surface area contributed by atoms with Gasteiger partial charge in [-0.05, 0) is 49.7 Å². The monoisotopic (exact) mass is 367 g/mol. The molecule has 2 amide bonds. The summed E-state index contributed by atoms with van der Waals surface area (Å²) in [6.45, 7) is 3.33. The van der Waals surface area contributed by atoms with E-state index in [1.54, 1.807) is 6.20 Å². The molecule has 4 heterocycles. The van der Waals surface area contributed by atoms with Crippen LogP contribution in [-0.2, 0) is 16.1 Å². The fourth-order valence-corrected chi connectivity index (χ4v) is 4.20. The number of amides is 2. The minimum absolute atomic E-state index is 0.0576. The van der Waals surface area contributed by atoms with Gasteiger partial charge in [-0.25, -0.2) is 0 Å². The lowest BCUT2D eigenvalue weighted by atomic mass is 9.96. The molecule has 2 aliphatic rings. The summed E-state index contributed by atoms with van der Waals surface area (Å²) in [6, 6.07) is 7.93. The van der Waals surface area contributed by atoms with Crippen LogP contribution in [0.1, 0.15) is 30.1 Å². The molecule has 0 aliphatic carbocycles. The number of pyridine rings is 1. The number of hydrogen-bond acceptors (Lipinski definition) is 4. The summed E-state index contributed by atoms with van der Waals surface area (Å²) in [4.78, 5) is 32.9. The molecular weight excluding hydrogens is 342 g/mol. The highest BCUT2D eigenvalue weighted by molar-refractivity contribution is 5.80. The van der Waals surface area contributed by atoms with Crippen molar-refractivity contribution < 1.29 is 9.59 Å². The van der Waals surface area contributed by atoms with Gasteiger partial charge in [-0.2, -0.15) is 0 Å². The number of nitrogens with zero attached hydrogens (tertiary/aromatic N) is 4. The van der Waals surface area contributed by atoms with E-state index >= 15 is 0 Å². The van der Waals surface area contributed by atoms with E-state index in [1.165, 1.54) is 0 Å². The minimum atomic E-state index is -0.227. The van der Waals surface area contributed by atoms with E-state index < -0.39 is 0 Å². The van der Waals surface area contributed by atoms with Crippen molar-refractivity contribution in [1.82, 2.24) is 19.4 Å². The number of likely N-dealkylation sites (tertiary alicyclic amines) is 1. The first-order valence-corrected chi connectivity index (χ1v) is 9.49. The molecule has 2 aromatic rings. The SMILES string of the molecule is NC(=O)C1CCN(CC(=O)N2CCn3cccc3[C@H]2c2cccnc2)CC1. The third kappa shape index (κ3) is 3.60. The van der Waals surface area contributed by atoms with E-state index in [9.17, 15) is 9.59 Å². The van der Waals surface area contributed by atoms with E-state index in [0.717, 1.165) is 43.7 Å². The number of carbonyl (C=O) groups is 2. The number of nitrogens with two attached hydrogens (primary N) is 1. The number of primary amides is 1. The summed E-state index contributed by atoms with van der Waals surface area (Å²) in [5, 5.41) is 0. The molecule has 7 nitrogen and oxygen atoms in total. The van der Waals surface area contributed by atoms with Gasteiger partial charge in [-0.3, -0.25) is 19.5 Å². The van der Waals surface area contributed by atoms with Crippen molar-refractivity contribution in [3.8, 4) is 0 Å². The maximum atomic E-state index is 13.2. The summed E-state index contributed by atoms with van der Waals surface area (Å²) < 4.78 is 2.21. The summed E-state index contributed by atoms with van der Waals surface area (Å²) in [6.07, 6.45) is 7.12. The predicted molar refractivity (Wildman–Crippen MR) is 101 cm³/mol. The molecule has 7 heteroatoms. The zero-order valence-corrected chi connectivity index (χ0v) is 15.3. The van der Waals surface area contributed by atoms with E-state index in [1.807, 2.05) is 29.3 Å². The van der Waals surface area contributed by atoms with Crippen molar-refractivity contribution in [2.24, 2.45) is 11.7 Å². The van der Waals surface area contributed by atoms with Gasteiger partial charge in [0.25, 0.3) is 0 Å². The van der Waals surface area contributed by atoms with Crippen LogP contribution < -0.4 is 5.73 Å². The Labute approximate surface area is 158 Å². The van der Waals surface area contributed by atoms with Crippen LogP contribution in [0.25, 0.3) is 0 Å². The molecule has 0 radical (unpaired) electrons. The normalized spacial score (nSPS) is 21.0. The van der Waals surface area contributed by atoms with Crippen LogP contribution in [0.4, 0.5) is 0 Å². The quantitative estimate of drug-likeness (QED) is 0.874. The Balaban J connectivity index is 1.50. The molecule has 142 valence electrons. The number of fused-ring (bicyclic) bond motifs is 1. The fraction of sp³-hybridized carbons (Fsp3) is 0.450. The van der Waals surface area contributed by atoms with Gasteiger partial charge in [0, 0.05) is 43.3 Å². The second-order valence-electron chi connectivity index (χ2n) is 7.36. The van der Waals surface area contributed by atoms with Crippen molar-refractivity contribution in [2.45, 2.75) is 25.4 Å².